The van der Waals surface area contributed by atoms with Crippen LogP contribution in [-0.2, 0) is 15.9 Å². The van der Waals surface area contributed by atoms with Crippen molar-refractivity contribution in [2.24, 2.45) is 0 Å². The standard InChI is InChI=1S/C11H12N2O5S/c1-2-17-9-5-3-8(4-6-9)11-13-12-10(18-11)7-19(14,15)16/h3-6H,2,7H2,1H3,(H,14,15,16). The molecule has 1 aromatic heterocycles. The highest BCUT2D eigenvalue weighted by Gasteiger charge is 2.14. The summed E-state index contributed by atoms with van der Waals surface area (Å²) in [4.78, 5) is 0. The van der Waals surface area contributed by atoms with E-state index in [1.807, 2.05) is 6.92 Å². The normalized spacial score (nSPS) is 11.5. The molecule has 0 radical (unpaired) electrons. The van der Waals surface area contributed by atoms with Crippen LogP contribution >= 0.6 is 0 Å². The summed E-state index contributed by atoms with van der Waals surface area (Å²) < 4.78 is 40.5. The summed E-state index contributed by atoms with van der Waals surface area (Å²) in [5.74, 6) is 0.0359. The van der Waals surface area contributed by atoms with E-state index in [0.29, 0.717) is 17.9 Å². The Labute approximate surface area is 110 Å². The third kappa shape index (κ3) is 3.76. The van der Waals surface area contributed by atoms with Crippen molar-refractivity contribution in [1.82, 2.24) is 10.2 Å². The molecule has 2 rings (SSSR count). The molecule has 8 heteroatoms. The van der Waals surface area contributed by atoms with Crippen molar-refractivity contribution < 1.29 is 22.1 Å². The van der Waals surface area contributed by atoms with Gasteiger partial charge < -0.3 is 9.15 Å². The first kappa shape index (κ1) is 13.5. The summed E-state index contributed by atoms with van der Waals surface area (Å²) in [6.45, 7) is 2.45. The molecular weight excluding hydrogens is 272 g/mol. The first-order valence-corrected chi connectivity index (χ1v) is 7.09. The van der Waals surface area contributed by atoms with Gasteiger partial charge in [0.1, 0.15) is 5.75 Å². The lowest BCUT2D eigenvalue weighted by Crippen LogP contribution is -2.01. The van der Waals surface area contributed by atoms with Crippen LogP contribution in [0.2, 0.25) is 0 Å². The molecule has 19 heavy (non-hydrogen) atoms. The highest BCUT2D eigenvalue weighted by Crippen LogP contribution is 2.21. The number of hydrogen-bond donors (Lipinski definition) is 1. The van der Waals surface area contributed by atoms with Crippen LogP contribution in [0.4, 0.5) is 0 Å². The van der Waals surface area contributed by atoms with Crippen LogP contribution in [0, 0.1) is 0 Å². The molecule has 0 saturated carbocycles. The second-order valence-corrected chi connectivity index (χ2v) is 5.14. The predicted octanol–water partition coefficient (Wildman–Crippen LogP) is 1.52. The third-order valence-electron chi connectivity index (χ3n) is 2.18. The van der Waals surface area contributed by atoms with E-state index in [2.05, 4.69) is 10.2 Å². The van der Waals surface area contributed by atoms with Gasteiger partial charge >= 0.3 is 0 Å². The van der Waals surface area contributed by atoms with Crippen LogP contribution in [0.3, 0.4) is 0 Å². The summed E-state index contributed by atoms with van der Waals surface area (Å²) in [5.41, 5.74) is 0.637. The van der Waals surface area contributed by atoms with Crippen LogP contribution in [0.1, 0.15) is 12.8 Å². The molecule has 7 nitrogen and oxygen atoms in total. The van der Waals surface area contributed by atoms with Gasteiger partial charge in [-0.25, -0.2) is 0 Å². The molecule has 0 fully saturated rings. The monoisotopic (exact) mass is 284 g/mol. The van der Waals surface area contributed by atoms with Gasteiger partial charge in [-0.05, 0) is 31.2 Å². The number of benzene rings is 1. The van der Waals surface area contributed by atoms with Gasteiger partial charge in [-0.1, -0.05) is 0 Å². The average molecular weight is 284 g/mol. The fraction of sp³-hybridized carbons (Fsp3) is 0.273. The molecule has 2 aromatic rings. The van der Waals surface area contributed by atoms with E-state index in [0.717, 1.165) is 0 Å². The molecule has 1 aromatic carbocycles. The fourth-order valence-electron chi connectivity index (χ4n) is 1.45. The molecular formula is C11H12N2O5S. The number of ether oxygens (including phenoxy) is 1. The molecule has 0 bridgehead atoms. The molecule has 102 valence electrons. The van der Waals surface area contributed by atoms with E-state index in [1.165, 1.54) is 0 Å². The first-order chi connectivity index (χ1) is 8.98. The maximum Gasteiger partial charge on any atom is 0.273 e. The van der Waals surface area contributed by atoms with Crippen LogP contribution < -0.4 is 4.74 Å². The summed E-state index contributed by atoms with van der Waals surface area (Å²) in [6, 6.07) is 6.92. The fourth-order valence-corrected chi connectivity index (χ4v) is 1.87. The number of rotatable bonds is 5. The van der Waals surface area contributed by atoms with E-state index >= 15 is 0 Å². The zero-order chi connectivity index (χ0) is 13.9. The maximum absolute atomic E-state index is 10.7. The zero-order valence-corrected chi connectivity index (χ0v) is 10.9. The Balaban J connectivity index is 2.18. The minimum absolute atomic E-state index is 0.161. The Morgan fingerprint density at radius 1 is 1.26 bits per heavy atom. The van der Waals surface area contributed by atoms with Crippen LogP contribution in [0.15, 0.2) is 28.7 Å². The number of aromatic nitrogens is 2. The van der Waals surface area contributed by atoms with E-state index in [-0.39, 0.29) is 11.8 Å². The Kier molecular flexibility index (Phi) is 3.82. The van der Waals surface area contributed by atoms with Gasteiger partial charge in [0.25, 0.3) is 10.1 Å². The van der Waals surface area contributed by atoms with Gasteiger partial charge in [-0.2, -0.15) is 8.42 Å². The van der Waals surface area contributed by atoms with Gasteiger partial charge in [0.2, 0.25) is 11.8 Å². The third-order valence-corrected chi connectivity index (χ3v) is 2.80. The molecule has 0 amide bonds. The van der Waals surface area contributed by atoms with Gasteiger partial charge in [0.05, 0.1) is 6.61 Å². The van der Waals surface area contributed by atoms with Crippen molar-refractivity contribution in [2.45, 2.75) is 12.7 Å². The summed E-state index contributed by atoms with van der Waals surface area (Å²) in [5, 5.41) is 7.26. The van der Waals surface area contributed by atoms with Crippen LogP contribution in [0.25, 0.3) is 11.5 Å². The smallest absolute Gasteiger partial charge is 0.273 e. The molecule has 0 unspecified atom stereocenters. The Morgan fingerprint density at radius 2 is 1.95 bits per heavy atom. The van der Waals surface area contributed by atoms with Crippen LogP contribution in [-0.4, -0.2) is 29.8 Å². The Bertz CT molecular complexity index is 648. The molecule has 0 spiro atoms. The van der Waals surface area contributed by atoms with E-state index in [1.54, 1.807) is 24.3 Å². The van der Waals surface area contributed by atoms with Crippen molar-refractivity contribution in [3.63, 3.8) is 0 Å². The van der Waals surface area contributed by atoms with E-state index < -0.39 is 15.9 Å². The number of nitrogens with zero attached hydrogens (tertiary/aromatic N) is 2. The lowest BCUT2D eigenvalue weighted by molar-refractivity contribution is 0.340. The molecule has 0 atom stereocenters. The maximum atomic E-state index is 10.7. The topological polar surface area (TPSA) is 103 Å². The highest BCUT2D eigenvalue weighted by atomic mass is 32.2. The second-order valence-electron chi connectivity index (χ2n) is 3.68. The quantitative estimate of drug-likeness (QED) is 0.830. The molecule has 0 saturated heterocycles. The van der Waals surface area contributed by atoms with Crippen molar-refractivity contribution >= 4 is 10.1 Å². The minimum Gasteiger partial charge on any atom is -0.494 e. The zero-order valence-electron chi connectivity index (χ0n) is 10.1. The summed E-state index contributed by atoms with van der Waals surface area (Å²) >= 11 is 0. The molecule has 0 aliphatic heterocycles. The molecule has 1 heterocycles. The van der Waals surface area contributed by atoms with Crippen molar-refractivity contribution in [3.05, 3.63) is 30.2 Å². The summed E-state index contributed by atoms with van der Waals surface area (Å²) in [6.07, 6.45) is 0. The van der Waals surface area contributed by atoms with Crippen LogP contribution in [0.5, 0.6) is 5.75 Å². The van der Waals surface area contributed by atoms with Gasteiger partial charge in [-0.15, -0.1) is 10.2 Å². The summed E-state index contributed by atoms with van der Waals surface area (Å²) in [7, 11) is -4.18. The number of hydrogen-bond acceptors (Lipinski definition) is 6. The minimum atomic E-state index is -4.18. The SMILES string of the molecule is CCOc1ccc(-c2nnc(CS(=O)(=O)O)o2)cc1. The first-order valence-electron chi connectivity index (χ1n) is 5.48. The lowest BCUT2D eigenvalue weighted by Gasteiger charge is -2.02. The highest BCUT2D eigenvalue weighted by molar-refractivity contribution is 7.84. The molecule has 0 aliphatic carbocycles. The van der Waals surface area contributed by atoms with E-state index in [4.69, 9.17) is 13.7 Å². The molecule has 1 N–H and O–H groups in total. The van der Waals surface area contributed by atoms with Crippen molar-refractivity contribution in [2.75, 3.05) is 6.61 Å². The lowest BCUT2D eigenvalue weighted by atomic mass is 10.2. The van der Waals surface area contributed by atoms with Crippen molar-refractivity contribution in [3.8, 4) is 17.2 Å². The largest absolute Gasteiger partial charge is 0.494 e. The van der Waals surface area contributed by atoms with Gasteiger partial charge in [-0.3, -0.25) is 4.55 Å². The van der Waals surface area contributed by atoms with Crippen molar-refractivity contribution in [1.29, 1.82) is 0 Å². The van der Waals surface area contributed by atoms with Gasteiger partial charge in [0, 0.05) is 5.56 Å². The average Bonchev–Trinajstić information content (AvgIpc) is 2.76. The Hall–Kier alpha value is -1.93. The van der Waals surface area contributed by atoms with E-state index in [9.17, 15) is 8.42 Å². The van der Waals surface area contributed by atoms with Gasteiger partial charge in [0.15, 0.2) is 5.75 Å². The Morgan fingerprint density at radius 3 is 2.53 bits per heavy atom. The predicted molar refractivity (Wildman–Crippen MR) is 66.2 cm³/mol. The second kappa shape index (κ2) is 5.37. The molecule has 0 aliphatic rings.